The first kappa shape index (κ1) is 21.9. The monoisotopic (exact) mass is 325 g/mol. The van der Waals surface area contributed by atoms with Crippen molar-refractivity contribution in [3.63, 3.8) is 0 Å². The van der Waals surface area contributed by atoms with Crippen molar-refractivity contribution in [1.29, 1.82) is 0 Å². The SMILES string of the molecule is CCCCCCCCN(C=C(O)CCCC)C=C(O)CCCC. The molecular weight excluding hydrogens is 286 g/mol. The third-order valence-electron chi connectivity index (χ3n) is 3.97. The predicted octanol–water partition coefficient (Wildman–Crippen LogP) is 6.83. The van der Waals surface area contributed by atoms with E-state index in [4.69, 9.17) is 0 Å². The smallest absolute Gasteiger partial charge is 0.108 e. The van der Waals surface area contributed by atoms with Crippen molar-refractivity contribution in [3.8, 4) is 0 Å². The van der Waals surface area contributed by atoms with Gasteiger partial charge in [0.05, 0.1) is 0 Å². The molecule has 0 spiro atoms. The summed E-state index contributed by atoms with van der Waals surface area (Å²) < 4.78 is 0. The number of nitrogens with zero attached hydrogens (tertiary/aromatic N) is 1. The van der Waals surface area contributed by atoms with Crippen LogP contribution in [-0.4, -0.2) is 21.7 Å². The van der Waals surface area contributed by atoms with Crippen molar-refractivity contribution < 1.29 is 10.2 Å². The van der Waals surface area contributed by atoms with E-state index in [0.717, 1.165) is 38.6 Å². The lowest BCUT2D eigenvalue weighted by molar-refractivity contribution is 0.336. The fourth-order valence-electron chi connectivity index (χ4n) is 2.47. The molecule has 3 heteroatoms. The van der Waals surface area contributed by atoms with Crippen LogP contribution in [0.5, 0.6) is 0 Å². The molecule has 0 aliphatic heterocycles. The average Bonchev–Trinajstić information content (AvgIpc) is 2.54. The third-order valence-corrected chi connectivity index (χ3v) is 3.97. The zero-order valence-electron chi connectivity index (χ0n) is 15.7. The van der Waals surface area contributed by atoms with Gasteiger partial charge in [-0.15, -0.1) is 0 Å². The number of rotatable bonds is 15. The Bertz CT molecular complexity index is 300. The van der Waals surface area contributed by atoms with Gasteiger partial charge in [0.2, 0.25) is 0 Å². The minimum Gasteiger partial charge on any atom is -0.511 e. The normalized spacial score (nSPS) is 12.7. The summed E-state index contributed by atoms with van der Waals surface area (Å²) in [7, 11) is 0. The maximum Gasteiger partial charge on any atom is 0.108 e. The average molecular weight is 326 g/mol. The molecule has 0 unspecified atom stereocenters. The van der Waals surface area contributed by atoms with Crippen molar-refractivity contribution in [2.75, 3.05) is 6.54 Å². The molecule has 0 aliphatic rings. The van der Waals surface area contributed by atoms with Crippen LogP contribution in [0.3, 0.4) is 0 Å². The molecular formula is C20H39NO2. The molecule has 0 aliphatic carbocycles. The first-order valence-electron chi connectivity index (χ1n) is 9.69. The minimum absolute atomic E-state index is 0.414. The second-order valence-electron chi connectivity index (χ2n) is 6.45. The minimum atomic E-state index is 0.414. The van der Waals surface area contributed by atoms with Gasteiger partial charge in [-0.3, -0.25) is 0 Å². The molecule has 0 amide bonds. The fourth-order valence-corrected chi connectivity index (χ4v) is 2.47. The Morgan fingerprint density at radius 2 is 1.09 bits per heavy atom. The van der Waals surface area contributed by atoms with Crippen LogP contribution in [0.25, 0.3) is 0 Å². The lowest BCUT2D eigenvalue weighted by Crippen LogP contribution is -2.14. The molecule has 0 fully saturated rings. The van der Waals surface area contributed by atoms with E-state index >= 15 is 0 Å². The zero-order valence-corrected chi connectivity index (χ0v) is 15.7. The first-order chi connectivity index (χ1) is 11.1. The maximum atomic E-state index is 10.0. The highest BCUT2D eigenvalue weighted by Crippen LogP contribution is 2.12. The Morgan fingerprint density at radius 3 is 1.57 bits per heavy atom. The molecule has 136 valence electrons. The molecule has 0 heterocycles. The lowest BCUT2D eigenvalue weighted by Gasteiger charge is -2.17. The van der Waals surface area contributed by atoms with Gasteiger partial charge in [0, 0.05) is 31.8 Å². The first-order valence-corrected chi connectivity index (χ1v) is 9.69. The van der Waals surface area contributed by atoms with Crippen LogP contribution < -0.4 is 0 Å². The lowest BCUT2D eigenvalue weighted by atomic mass is 10.1. The molecule has 0 aromatic heterocycles. The van der Waals surface area contributed by atoms with Gasteiger partial charge in [-0.2, -0.15) is 0 Å². The Kier molecular flexibility index (Phi) is 15.0. The van der Waals surface area contributed by atoms with Gasteiger partial charge in [-0.1, -0.05) is 65.7 Å². The van der Waals surface area contributed by atoms with Gasteiger partial charge in [0.15, 0.2) is 0 Å². The van der Waals surface area contributed by atoms with Crippen LogP contribution in [-0.2, 0) is 0 Å². The molecule has 0 saturated heterocycles. The summed E-state index contributed by atoms with van der Waals surface area (Å²) in [6, 6.07) is 0. The van der Waals surface area contributed by atoms with Crippen molar-refractivity contribution >= 4 is 0 Å². The van der Waals surface area contributed by atoms with Gasteiger partial charge in [0.25, 0.3) is 0 Å². The standard InChI is InChI=1S/C20H39NO2/c1-4-7-10-11-12-13-16-21(17-19(22)14-8-5-2)18-20(23)15-9-6-3/h17-18,22-23H,4-16H2,1-3H3. The Morgan fingerprint density at radius 1 is 0.652 bits per heavy atom. The molecule has 2 N–H and O–H groups in total. The number of allylic oxidation sites excluding steroid dienone is 2. The predicted molar refractivity (Wildman–Crippen MR) is 101 cm³/mol. The second kappa shape index (κ2) is 15.8. The van der Waals surface area contributed by atoms with E-state index in [1.165, 1.54) is 32.1 Å². The van der Waals surface area contributed by atoms with E-state index in [0.29, 0.717) is 24.4 Å². The van der Waals surface area contributed by atoms with Crippen LogP contribution in [0.15, 0.2) is 23.9 Å². The molecule has 23 heavy (non-hydrogen) atoms. The van der Waals surface area contributed by atoms with Gasteiger partial charge < -0.3 is 15.1 Å². The molecule has 0 radical (unpaired) electrons. The van der Waals surface area contributed by atoms with Gasteiger partial charge in [-0.25, -0.2) is 0 Å². The maximum absolute atomic E-state index is 10.0. The van der Waals surface area contributed by atoms with E-state index in [9.17, 15) is 10.2 Å². The summed E-state index contributed by atoms with van der Waals surface area (Å²) in [6.45, 7) is 7.34. The second-order valence-corrected chi connectivity index (χ2v) is 6.45. The fraction of sp³-hybridized carbons (Fsp3) is 0.800. The van der Waals surface area contributed by atoms with Gasteiger partial charge >= 0.3 is 0 Å². The molecule has 0 aromatic rings. The summed E-state index contributed by atoms with van der Waals surface area (Å²) in [4.78, 5) is 1.97. The highest BCUT2D eigenvalue weighted by atomic mass is 16.3. The zero-order chi connectivity index (χ0) is 17.3. The Hall–Kier alpha value is -1.12. The van der Waals surface area contributed by atoms with Crippen LogP contribution in [0.2, 0.25) is 0 Å². The van der Waals surface area contributed by atoms with Crippen molar-refractivity contribution in [3.05, 3.63) is 23.9 Å². The molecule has 0 bridgehead atoms. The van der Waals surface area contributed by atoms with E-state index in [2.05, 4.69) is 20.8 Å². The number of aliphatic hydroxyl groups is 2. The van der Waals surface area contributed by atoms with E-state index in [-0.39, 0.29) is 0 Å². The summed E-state index contributed by atoms with van der Waals surface area (Å²) in [5.74, 6) is 0.828. The quantitative estimate of drug-likeness (QED) is 0.256. The van der Waals surface area contributed by atoms with E-state index in [1.54, 1.807) is 12.4 Å². The molecule has 0 saturated carbocycles. The number of hydrogen-bond acceptors (Lipinski definition) is 3. The van der Waals surface area contributed by atoms with Crippen molar-refractivity contribution in [2.45, 2.75) is 97.8 Å². The Labute approximate surface area is 144 Å². The number of unbranched alkanes of at least 4 members (excludes halogenated alkanes) is 7. The molecule has 3 nitrogen and oxygen atoms in total. The number of aliphatic hydroxyl groups excluding tert-OH is 2. The van der Waals surface area contributed by atoms with Crippen LogP contribution in [0.1, 0.15) is 97.8 Å². The molecule has 0 aromatic carbocycles. The van der Waals surface area contributed by atoms with Crippen LogP contribution in [0.4, 0.5) is 0 Å². The largest absolute Gasteiger partial charge is 0.511 e. The highest BCUT2D eigenvalue weighted by Gasteiger charge is 2.03. The van der Waals surface area contributed by atoms with Gasteiger partial charge in [0.1, 0.15) is 11.5 Å². The van der Waals surface area contributed by atoms with E-state index < -0.39 is 0 Å². The highest BCUT2D eigenvalue weighted by molar-refractivity contribution is 4.99. The summed E-state index contributed by atoms with van der Waals surface area (Å²) >= 11 is 0. The third kappa shape index (κ3) is 14.2. The van der Waals surface area contributed by atoms with Gasteiger partial charge in [-0.05, 0) is 19.3 Å². The van der Waals surface area contributed by atoms with E-state index in [1.807, 2.05) is 4.90 Å². The van der Waals surface area contributed by atoms with Crippen LogP contribution in [0, 0.1) is 0 Å². The Balaban J connectivity index is 4.42. The summed E-state index contributed by atoms with van der Waals surface area (Å²) in [5.41, 5.74) is 0. The van der Waals surface area contributed by atoms with Crippen molar-refractivity contribution in [1.82, 2.24) is 4.90 Å². The van der Waals surface area contributed by atoms with Crippen molar-refractivity contribution in [2.24, 2.45) is 0 Å². The molecule has 0 atom stereocenters. The number of hydrogen-bond donors (Lipinski definition) is 2. The topological polar surface area (TPSA) is 43.7 Å². The van der Waals surface area contributed by atoms with Crippen LogP contribution >= 0.6 is 0 Å². The summed E-state index contributed by atoms with van der Waals surface area (Å²) in [6.07, 6.45) is 16.7. The summed E-state index contributed by atoms with van der Waals surface area (Å²) in [5, 5.41) is 20.0. The molecule has 0 rings (SSSR count).